The molecule has 0 aliphatic carbocycles. The number of carbonyl (C=O) groups excluding carboxylic acids is 1. The number of nitrogens with zero attached hydrogens (tertiary/aromatic N) is 3. The highest BCUT2D eigenvalue weighted by molar-refractivity contribution is 7.89. The van der Waals surface area contributed by atoms with Crippen LogP contribution >= 0.6 is 0 Å². The Hall–Kier alpha value is -3.47. The standard InChI is InChI=1S/C24H21N3O6S/c1-14-25-22-19(3-2-4-20(22)33-14)23(28)24(29)26-10-16-12-27(13-17(16)11-26)34(30,31)18-6-5-15-7-8-32-21(15)9-18/h2-9,23,28H,10-13H2,1H3/t23-/m1/s1. The lowest BCUT2D eigenvalue weighted by molar-refractivity contribution is -0.139. The first kappa shape index (κ1) is 21.1. The van der Waals surface area contributed by atoms with Gasteiger partial charge in [-0.3, -0.25) is 4.79 Å². The minimum Gasteiger partial charge on any atom is -0.464 e. The van der Waals surface area contributed by atoms with Crippen LogP contribution in [0.2, 0.25) is 0 Å². The molecular weight excluding hydrogens is 458 g/mol. The average Bonchev–Trinajstić information content (AvgIpc) is 3.58. The van der Waals surface area contributed by atoms with Crippen molar-refractivity contribution in [1.29, 1.82) is 0 Å². The van der Waals surface area contributed by atoms with Crippen molar-refractivity contribution in [3.63, 3.8) is 0 Å². The lowest BCUT2D eigenvalue weighted by atomic mass is 10.1. The highest BCUT2D eigenvalue weighted by atomic mass is 32.2. The van der Waals surface area contributed by atoms with Gasteiger partial charge in [0, 0.05) is 50.1 Å². The number of aliphatic hydroxyl groups is 1. The fraction of sp³-hybridized carbons (Fsp3) is 0.250. The monoisotopic (exact) mass is 479 g/mol. The van der Waals surface area contributed by atoms with Crippen LogP contribution in [0.3, 0.4) is 0 Å². The number of hydrogen-bond acceptors (Lipinski definition) is 7. The Bertz CT molecular complexity index is 1580. The minimum atomic E-state index is -3.71. The van der Waals surface area contributed by atoms with E-state index in [0.717, 1.165) is 16.5 Å². The van der Waals surface area contributed by atoms with Crippen LogP contribution in [-0.2, 0) is 14.8 Å². The Kier molecular flexibility index (Phi) is 4.67. The quantitative estimate of drug-likeness (QED) is 0.447. The van der Waals surface area contributed by atoms with Crippen LogP contribution in [0.15, 0.2) is 73.6 Å². The number of benzene rings is 2. The van der Waals surface area contributed by atoms with Crippen molar-refractivity contribution in [2.24, 2.45) is 0 Å². The molecule has 0 bridgehead atoms. The molecule has 1 N–H and O–H groups in total. The summed E-state index contributed by atoms with van der Waals surface area (Å²) in [5, 5.41) is 11.7. The minimum absolute atomic E-state index is 0.176. The van der Waals surface area contributed by atoms with Crippen LogP contribution in [0.1, 0.15) is 17.6 Å². The van der Waals surface area contributed by atoms with Crippen molar-refractivity contribution >= 4 is 38.0 Å². The topological polar surface area (TPSA) is 117 Å². The molecule has 2 aromatic carbocycles. The molecule has 4 aromatic rings. The predicted molar refractivity (Wildman–Crippen MR) is 122 cm³/mol. The van der Waals surface area contributed by atoms with Gasteiger partial charge in [-0.25, -0.2) is 13.4 Å². The molecule has 0 spiro atoms. The molecule has 2 aliphatic rings. The Morgan fingerprint density at radius 1 is 1.06 bits per heavy atom. The van der Waals surface area contributed by atoms with Gasteiger partial charge >= 0.3 is 0 Å². The molecule has 0 fully saturated rings. The van der Waals surface area contributed by atoms with Gasteiger partial charge < -0.3 is 18.8 Å². The maximum atomic E-state index is 13.2. The van der Waals surface area contributed by atoms with E-state index in [1.54, 1.807) is 48.2 Å². The SMILES string of the molecule is Cc1nc2c([C@@H](O)C(=O)N3CC4=C(C3)CN(S(=O)(=O)c3ccc5ccoc5c3)C4)cccc2o1. The molecule has 6 rings (SSSR count). The van der Waals surface area contributed by atoms with Crippen LogP contribution in [0.25, 0.3) is 22.1 Å². The largest absolute Gasteiger partial charge is 0.464 e. The Balaban J connectivity index is 1.17. The molecule has 2 aromatic heterocycles. The van der Waals surface area contributed by atoms with Crippen LogP contribution in [0.4, 0.5) is 0 Å². The third-order valence-electron chi connectivity index (χ3n) is 6.46. The molecule has 34 heavy (non-hydrogen) atoms. The maximum Gasteiger partial charge on any atom is 0.256 e. The first-order valence-corrected chi connectivity index (χ1v) is 12.3. The smallest absolute Gasteiger partial charge is 0.256 e. The molecule has 0 saturated heterocycles. The summed E-state index contributed by atoms with van der Waals surface area (Å²) >= 11 is 0. The molecule has 0 saturated carbocycles. The number of aliphatic hydroxyl groups excluding tert-OH is 1. The van der Waals surface area contributed by atoms with Crippen molar-refractivity contribution < 1.29 is 27.2 Å². The van der Waals surface area contributed by atoms with E-state index in [2.05, 4.69) is 4.98 Å². The van der Waals surface area contributed by atoms with Gasteiger partial charge in [0.1, 0.15) is 11.1 Å². The number of carbonyl (C=O) groups is 1. The summed E-state index contributed by atoms with van der Waals surface area (Å²) in [7, 11) is -3.71. The lowest BCUT2D eigenvalue weighted by Crippen LogP contribution is -2.38. The van der Waals surface area contributed by atoms with Crippen molar-refractivity contribution in [3.05, 3.63) is 71.3 Å². The third kappa shape index (κ3) is 3.25. The van der Waals surface area contributed by atoms with Crippen LogP contribution in [-0.4, -0.2) is 59.8 Å². The first-order chi connectivity index (χ1) is 16.3. The number of furan rings is 1. The van der Waals surface area contributed by atoms with Gasteiger partial charge in [0.2, 0.25) is 10.0 Å². The number of oxazole rings is 1. The number of aryl methyl sites for hydroxylation is 1. The van der Waals surface area contributed by atoms with Crippen molar-refractivity contribution in [2.45, 2.75) is 17.9 Å². The van der Waals surface area contributed by atoms with E-state index >= 15 is 0 Å². The molecule has 1 atom stereocenters. The zero-order valence-electron chi connectivity index (χ0n) is 18.3. The van der Waals surface area contributed by atoms with E-state index in [1.165, 1.54) is 16.6 Å². The zero-order chi connectivity index (χ0) is 23.6. The molecule has 2 aliphatic heterocycles. The van der Waals surface area contributed by atoms with E-state index in [9.17, 15) is 18.3 Å². The van der Waals surface area contributed by atoms with Crippen LogP contribution in [0, 0.1) is 6.92 Å². The number of sulfonamides is 1. The summed E-state index contributed by atoms with van der Waals surface area (Å²) in [6.45, 7) is 2.70. The number of fused-ring (bicyclic) bond motifs is 2. The summed E-state index contributed by atoms with van der Waals surface area (Å²) in [6, 6.07) is 11.7. The molecular formula is C24H21N3O6S. The third-order valence-corrected chi connectivity index (χ3v) is 8.25. The van der Waals surface area contributed by atoms with Crippen LogP contribution < -0.4 is 0 Å². The Labute approximate surface area is 194 Å². The fourth-order valence-corrected chi connectivity index (χ4v) is 6.17. The summed E-state index contributed by atoms with van der Waals surface area (Å²) in [6.07, 6.45) is 0.144. The molecule has 9 nitrogen and oxygen atoms in total. The van der Waals surface area contributed by atoms with Gasteiger partial charge in [-0.1, -0.05) is 12.1 Å². The van der Waals surface area contributed by atoms with Gasteiger partial charge in [0.05, 0.1) is 11.2 Å². The highest BCUT2D eigenvalue weighted by Gasteiger charge is 2.39. The molecule has 174 valence electrons. The molecule has 10 heteroatoms. The number of hydrogen-bond donors (Lipinski definition) is 1. The Morgan fingerprint density at radius 3 is 2.59 bits per heavy atom. The van der Waals surface area contributed by atoms with Gasteiger partial charge in [0.15, 0.2) is 17.6 Å². The highest BCUT2D eigenvalue weighted by Crippen LogP contribution is 2.33. The van der Waals surface area contributed by atoms with Gasteiger partial charge in [-0.2, -0.15) is 4.31 Å². The Morgan fingerprint density at radius 2 is 1.82 bits per heavy atom. The predicted octanol–water partition coefficient (Wildman–Crippen LogP) is 2.76. The normalized spacial score (nSPS) is 17.8. The summed E-state index contributed by atoms with van der Waals surface area (Å²) in [4.78, 5) is 19.1. The van der Waals surface area contributed by atoms with E-state index < -0.39 is 22.0 Å². The molecule has 1 amide bonds. The average molecular weight is 480 g/mol. The summed E-state index contributed by atoms with van der Waals surface area (Å²) < 4.78 is 38.6. The second kappa shape index (κ2) is 7.52. The van der Waals surface area contributed by atoms with E-state index in [0.29, 0.717) is 28.1 Å². The molecule has 0 unspecified atom stereocenters. The van der Waals surface area contributed by atoms with Gasteiger partial charge in [-0.05, 0) is 35.4 Å². The zero-order valence-corrected chi connectivity index (χ0v) is 19.1. The lowest BCUT2D eigenvalue weighted by Gasteiger charge is -2.24. The first-order valence-electron chi connectivity index (χ1n) is 10.8. The van der Waals surface area contributed by atoms with E-state index in [4.69, 9.17) is 8.83 Å². The fourth-order valence-electron chi connectivity index (χ4n) is 4.72. The maximum absolute atomic E-state index is 13.2. The second-order valence-electron chi connectivity index (χ2n) is 8.62. The van der Waals surface area contributed by atoms with Gasteiger partial charge in [0.25, 0.3) is 5.91 Å². The number of rotatable bonds is 4. The van der Waals surface area contributed by atoms with Crippen molar-refractivity contribution in [1.82, 2.24) is 14.2 Å². The number of amides is 1. The number of para-hydroxylation sites is 1. The van der Waals surface area contributed by atoms with Crippen molar-refractivity contribution in [3.8, 4) is 0 Å². The molecule has 4 heterocycles. The van der Waals surface area contributed by atoms with Crippen molar-refractivity contribution in [2.75, 3.05) is 26.2 Å². The summed E-state index contributed by atoms with van der Waals surface area (Å²) in [5.74, 6) is 0.0108. The second-order valence-corrected chi connectivity index (χ2v) is 10.6. The number of aromatic nitrogens is 1. The van der Waals surface area contributed by atoms with E-state index in [-0.39, 0.29) is 31.1 Å². The van der Waals surface area contributed by atoms with E-state index in [1.807, 2.05) is 0 Å². The van der Waals surface area contributed by atoms with Crippen LogP contribution in [0.5, 0.6) is 0 Å². The van der Waals surface area contributed by atoms with Gasteiger partial charge in [-0.15, -0.1) is 0 Å². The summed E-state index contributed by atoms with van der Waals surface area (Å²) in [5.41, 5.74) is 3.66. The molecule has 0 radical (unpaired) electrons.